The van der Waals surface area contributed by atoms with Crippen LogP contribution in [0.4, 0.5) is 0 Å². The van der Waals surface area contributed by atoms with Crippen LogP contribution in [0.3, 0.4) is 0 Å². The number of hydrogen-bond donors (Lipinski definition) is 0. The SMILES string of the molecule is COC([SiH3])C(OC)(OC)c1ccccc1C[N+](C)(C)C.[Cl-]. The van der Waals surface area contributed by atoms with Gasteiger partial charge in [0.25, 0.3) is 0 Å². The molecule has 0 heterocycles. The minimum atomic E-state index is -0.827. The minimum absolute atomic E-state index is 0. The minimum Gasteiger partial charge on any atom is -1.00 e. The van der Waals surface area contributed by atoms with E-state index < -0.39 is 5.79 Å². The largest absolute Gasteiger partial charge is 1.00 e. The lowest BCUT2D eigenvalue weighted by atomic mass is 9.98. The molecule has 0 N–H and O–H groups in total. The molecule has 0 saturated heterocycles. The first-order valence-corrected chi connectivity index (χ1v) is 7.98. The van der Waals surface area contributed by atoms with Gasteiger partial charge >= 0.3 is 0 Å². The van der Waals surface area contributed by atoms with Crippen LogP contribution in [0.5, 0.6) is 0 Å². The Morgan fingerprint density at radius 3 is 2.05 bits per heavy atom. The van der Waals surface area contributed by atoms with Crippen LogP contribution in [0.2, 0.25) is 0 Å². The molecule has 0 amide bonds. The van der Waals surface area contributed by atoms with Crippen LogP contribution in [0.1, 0.15) is 11.1 Å². The molecule has 0 fully saturated rings. The third kappa shape index (κ3) is 4.77. The standard InChI is InChI=1S/C15H28NO3Si.ClH/c1-16(2,3)11-12-9-7-8-10-13(12)15(18-5,19-6)14(20)17-4;/h7-10,14H,11H2,1-6,20H3;1H/q+1;/p-1. The van der Waals surface area contributed by atoms with Crippen molar-refractivity contribution in [1.29, 1.82) is 0 Å². The maximum atomic E-state index is 5.76. The Bertz CT molecular complexity index is 433. The lowest BCUT2D eigenvalue weighted by Gasteiger charge is -2.38. The smallest absolute Gasteiger partial charge is 0.217 e. The third-order valence-corrected chi connectivity index (χ3v) is 4.76. The fourth-order valence-electron chi connectivity index (χ4n) is 2.52. The van der Waals surface area contributed by atoms with Crippen molar-refractivity contribution in [2.45, 2.75) is 18.1 Å². The Hall–Kier alpha value is -0.433. The fourth-order valence-corrected chi connectivity index (χ4v) is 3.30. The quantitative estimate of drug-likeness (QED) is 0.318. The molecule has 0 bridgehead atoms. The van der Waals surface area contributed by atoms with E-state index in [0.717, 1.165) is 26.8 Å². The lowest BCUT2D eigenvalue weighted by Crippen LogP contribution is -3.00. The van der Waals surface area contributed by atoms with Gasteiger partial charge < -0.3 is 31.1 Å². The van der Waals surface area contributed by atoms with Crippen LogP contribution < -0.4 is 12.4 Å². The van der Waals surface area contributed by atoms with Crippen molar-refractivity contribution in [2.24, 2.45) is 0 Å². The van der Waals surface area contributed by atoms with E-state index >= 15 is 0 Å². The molecule has 0 aliphatic heterocycles. The third-order valence-electron chi connectivity index (χ3n) is 3.53. The van der Waals surface area contributed by atoms with Crippen LogP contribution in [-0.4, -0.2) is 62.9 Å². The fraction of sp³-hybridized carbons (Fsp3) is 0.600. The van der Waals surface area contributed by atoms with Crippen LogP contribution >= 0.6 is 0 Å². The maximum absolute atomic E-state index is 5.76. The summed E-state index contributed by atoms with van der Waals surface area (Å²) in [4.78, 5) is 0. The van der Waals surface area contributed by atoms with Crippen molar-refractivity contribution in [2.75, 3.05) is 42.5 Å². The zero-order valence-electron chi connectivity index (χ0n) is 14.1. The molecule has 0 aromatic heterocycles. The molecule has 6 heteroatoms. The molecule has 1 atom stereocenters. The molecule has 1 unspecified atom stereocenters. The highest BCUT2D eigenvalue weighted by Crippen LogP contribution is 2.33. The number of methoxy groups -OCH3 is 3. The van der Waals surface area contributed by atoms with Gasteiger partial charge in [0.05, 0.1) is 26.9 Å². The van der Waals surface area contributed by atoms with E-state index in [9.17, 15) is 0 Å². The molecule has 0 aliphatic carbocycles. The summed E-state index contributed by atoms with van der Waals surface area (Å²) >= 11 is 0. The molecule has 1 rings (SSSR count). The summed E-state index contributed by atoms with van der Waals surface area (Å²) in [7, 11) is 12.4. The van der Waals surface area contributed by atoms with Crippen LogP contribution in [0.25, 0.3) is 0 Å². The maximum Gasteiger partial charge on any atom is 0.217 e. The molecule has 4 nitrogen and oxygen atoms in total. The second-order valence-electron chi connectivity index (χ2n) is 6.06. The molecule has 0 aliphatic rings. The average Bonchev–Trinajstić information content (AvgIpc) is 2.40. The Balaban J connectivity index is 0.00000400. The Kier molecular flexibility index (Phi) is 8.10. The van der Waals surface area contributed by atoms with Crippen molar-refractivity contribution in [1.82, 2.24) is 0 Å². The normalized spacial score (nSPS) is 13.8. The summed E-state index contributed by atoms with van der Waals surface area (Å²) in [6.45, 7) is 0.905. The molecular formula is C15H28ClNO3Si. The van der Waals surface area contributed by atoms with E-state index in [1.54, 1.807) is 21.3 Å². The van der Waals surface area contributed by atoms with E-state index in [1.807, 2.05) is 6.07 Å². The van der Waals surface area contributed by atoms with E-state index in [0.29, 0.717) is 0 Å². The number of benzene rings is 1. The van der Waals surface area contributed by atoms with Crippen molar-refractivity contribution >= 4 is 10.2 Å². The zero-order valence-corrected chi connectivity index (χ0v) is 16.9. The number of quaternary nitrogens is 1. The molecule has 0 radical (unpaired) electrons. The zero-order chi connectivity index (χ0) is 15.4. The van der Waals surface area contributed by atoms with Gasteiger partial charge in [0, 0.05) is 42.7 Å². The number of ether oxygens (including phenoxy) is 3. The Morgan fingerprint density at radius 1 is 1.10 bits per heavy atom. The number of hydrogen-bond acceptors (Lipinski definition) is 3. The summed E-state index contributed by atoms with van der Waals surface area (Å²) in [6, 6.07) is 8.28. The van der Waals surface area contributed by atoms with Gasteiger partial charge in [-0.1, -0.05) is 24.3 Å². The number of halogens is 1. The van der Waals surface area contributed by atoms with Crippen LogP contribution in [0.15, 0.2) is 24.3 Å². The van der Waals surface area contributed by atoms with Gasteiger partial charge in [-0.15, -0.1) is 0 Å². The van der Waals surface area contributed by atoms with E-state index in [2.05, 4.69) is 39.3 Å². The molecular weight excluding hydrogens is 306 g/mol. The summed E-state index contributed by atoms with van der Waals surface area (Å²) in [6.07, 6.45) is 0. The van der Waals surface area contributed by atoms with Crippen molar-refractivity contribution < 1.29 is 31.1 Å². The Morgan fingerprint density at radius 2 is 1.62 bits per heavy atom. The molecule has 21 heavy (non-hydrogen) atoms. The van der Waals surface area contributed by atoms with Gasteiger partial charge in [-0.25, -0.2) is 0 Å². The van der Waals surface area contributed by atoms with Gasteiger partial charge in [0.1, 0.15) is 6.54 Å². The summed E-state index contributed by atoms with van der Waals surface area (Å²) in [5.41, 5.74) is 2.20. The van der Waals surface area contributed by atoms with E-state index in [4.69, 9.17) is 14.2 Å². The molecule has 0 saturated carbocycles. The summed E-state index contributed by atoms with van der Waals surface area (Å²) < 4.78 is 17.9. The van der Waals surface area contributed by atoms with Crippen LogP contribution in [0, 0.1) is 0 Å². The highest BCUT2D eigenvalue weighted by molar-refractivity contribution is 6.11. The van der Waals surface area contributed by atoms with Gasteiger partial charge in [0.15, 0.2) is 0 Å². The Labute approximate surface area is 137 Å². The molecule has 1 aromatic rings. The predicted octanol–water partition coefficient (Wildman–Crippen LogP) is -2.32. The van der Waals surface area contributed by atoms with Crippen molar-refractivity contribution in [3.05, 3.63) is 35.4 Å². The second kappa shape index (κ2) is 8.27. The molecule has 0 spiro atoms. The summed E-state index contributed by atoms with van der Waals surface area (Å²) in [5.74, 6) is -0.827. The molecule has 1 aromatic carbocycles. The number of rotatable bonds is 7. The van der Waals surface area contributed by atoms with Gasteiger partial charge in [0.2, 0.25) is 5.79 Å². The first-order chi connectivity index (χ1) is 9.30. The monoisotopic (exact) mass is 333 g/mol. The molecule has 122 valence electrons. The van der Waals surface area contributed by atoms with E-state index in [1.165, 1.54) is 5.56 Å². The van der Waals surface area contributed by atoms with Gasteiger partial charge in [-0.05, 0) is 0 Å². The highest BCUT2D eigenvalue weighted by atomic mass is 35.5. The first kappa shape index (κ1) is 20.6. The number of nitrogens with zero attached hydrogens (tertiary/aromatic N) is 1. The van der Waals surface area contributed by atoms with E-state index in [-0.39, 0.29) is 18.1 Å². The first-order valence-electron chi connectivity index (χ1n) is 6.82. The second-order valence-corrected chi connectivity index (χ2v) is 7.11. The lowest BCUT2D eigenvalue weighted by molar-refractivity contribution is -0.884. The predicted molar refractivity (Wildman–Crippen MR) is 84.6 cm³/mol. The summed E-state index contributed by atoms with van der Waals surface area (Å²) in [5, 5.41) is 0. The van der Waals surface area contributed by atoms with Crippen molar-refractivity contribution in [3.63, 3.8) is 0 Å². The van der Waals surface area contributed by atoms with Gasteiger partial charge in [-0.2, -0.15) is 0 Å². The topological polar surface area (TPSA) is 27.7 Å². The van der Waals surface area contributed by atoms with Crippen LogP contribution in [-0.2, 0) is 26.5 Å². The average molecular weight is 334 g/mol. The van der Waals surface area contributed by atoms with Crippen molar-refractivity contribution in [3.8, 4) is 0 Å². The van der Waals surface area contributed by atoms with Gasteiger partial charge in [-0.3, -0.25) is 0 Å². The highest BCUT2D eigenvalue weighted by Gasteiger charge is 2.41.